The molecule has 0 spiro atoms. The number of nitriles is 1. The van der Waals surface area contributed by atoms with Crippen LogP contribution in [-0.4, -0.2) is 51.5 Å². The summed E-state index contributed by atoms with van der Waals surface area (Å²) < 4.78 is 11.8. The van der Waals surface area contributed by atoms with Crippen molar-refractivity contribution in [2.75, 3.05) is 19.5 Å². The Hall–Kier alpha value is -3.71. The predicted octanol–water partition coefficient (Wildman–Crippen LogP) is 2.40. The van der Waals surface area contributed by atoms with Crippen LogP contribution in [0.15, 0.2) is 30.7 Å². The van der Waals surface area contributed by atoms with Gasteiger partial charge in [-0.05, 0) is 32.4 Å². The van der Waals surface area contributed by atoms with E-state index in [0.717, 1.165) is 19.3 Å². The smallest absolute Gasteiger partial charge is 0.227 e. The van der Waals surface area contributed by atoms with Crippen molar-refractivity contribution in [3.8, 4) is 29.0 Å². The molecular weight excluding hydrogens is 384 g/mol. The average molecular weight is 406 g/mol. The lowest BCUT2D eigenvalue weighted by atomic mass is 10.1. The molecule has 3 aromatic rings. The Bertz CT molecular complexity index is 1040. The number of nitrogens with one attached hydrogen (secondary N) is 3. The highest BCUT2D eigenvalue weighted by Crippen LogP contribution is 2.38. The zero-order valence-electron chi connectivity index (χ0n) is 16.7. The van der Waals surface area contributed by atoms with Crippen LogP contribution in [0.5, 0.6) is 11.6 Å². The lowest BCUT2D eigenvalue weighted by Gasteiger charge is -2.17. The van der Waals surface area contributed by atoms with Gasteiger partial charge in [-0.1, -0.05) is 0 Å². The Morgan fingerprint density at radius 1 is 1.20 bits per heavy atom. The third-order valence-corrected chi connectivity index (χ3v) is 5.04. The van der Waals surface area contributed by atoms with E-state index in [-0.39, 0.29) is 11.8 Å². The molecule has 1 fully saturated rings. The fraction of sp³-hybridized carbons (Fsp3) is 0.350. The van der Waals surface area contributed by atoms with Gasteiger partial charge in [0.05, 0.1) is 25.2 Å². The molecule has 3 heterocycles. The first-order chi connectivity index (χ1) is 14.7. The molecule has 2 atom stereocenters. The van der Waals surface area contributed by atoms with Crippen LogP contribution in [0.1, 0.15) is 25.0 Å². The van der Waals surface area contributed by atoms with Crippen molar-refractivity contribution in [3.05, 3.63) is 36.4 Å². The summed E-state index contributed by atoms with van der Waals surface area (Å²) in [6, 6.07) is 6.00. The van der Waals surface area contributed by atoms with E-state index in [1.54, 1.807) is 19.4 Å². The van der Waals surface area contributed by atoms with Gasteiger partial charge in [-0.2, -0.15) is 10.4 Å². The Labute approximate surface area is 173 Å². The highest BCUT2D eigenvalue weighted by atomic mass is 16.5. The van der Waals surface area contributed by atoms with Crippen molar-refractivity contribution >= 4 is 11.6 Å². The van der Waals surface area contributed by atoms with E-state index in [2.05, 4.69) is 35.8 Å². The maximum absolute atomic E-state index is 8.83. The molecule has 154 valence electrons. The lowest BCUT2D eigenvalue weighted by molar-refractivity contribution is 0.198. The first-order valence-corrected chi connectivity index (χ1v) is 9.62. The molecule has 10 heteroatoms. The molecule has 1 aliphatic rings. The van der Waals surface area contributed by atoms with Crippen LogP contribution in [0.4, 0.5) is 11.6 Å². The molecule has 4 rings (SSSR count). The maximum atomic E-state index is 8.83. The van der Waals surface area contributed by atoms with Gasteiger partial charge in [0.2, 0.25) is 5.88 Å². The first-order valence-electron chi connectivity index (χ1n) is 9.62. The molecule has 3 aromatic heterocycles. The SMILES string of the molecule is CN[C@H]1CC[C@@H](Oc2nccc(OC)c2-c2cc(Nc3cnc(C#N)cn3)n[nH]2)C1. The number of rotatable bonds is 7. The van der Waals surface area contributed by atoms with E-state index >= 15 is 0 Å². The normalized spacial score (nSPS) is 18.0. The first kappa shape index (κ1) is 19.6. The highest BCUT2D eigenvalue weighted by Gasteiger charge is 2.27. The van der Waals surface area contributed by atoms with Crippen molar-refractivity contribution in [1.29, 1.82) is 5.26 Å². The molecule has 0 aliphatic heterocycles. The average Bonchev–Trinajstić information content (AvgIpc) is 3.43. The molecule has 1 aliphatic carbocycles. The zero-order valence-corrected chi connectivity index (χ0v) is 16.7. The van der Waals surface area contributed by atoms with Gasteiger partial charge in [-0.25, -0.2) is 15.0 Å². The topological polar surface area (TPSA) is 134 Å². The summed E-state index contributed by atoms with van der Waals surface area (Å²) >= 11 is 0. The van der Waals surface area contributed by atoms with Crippen molar-refractivity contribution in [2.45, 2.75) is 31.4 Å². The Balaban J connectivity index is 1.57. The third-order valence-electron chi connectivity index (χ3n) is 5.04. The molecule has 3 N–H and O–H groups in total. The minimum atomic E-state index is 0.0928. The van der Waals surface area contributed by atoms with Crippen LogP contribution in [0.2, 0.25) is 0 Å². The number of aromatic amines is 1. The molecule has 0 saturated heterocycles. The van der Waals surface area contributed by atoms with E-state index < -0.39 is 0 Å². The van der Waals surface area contributed by atoms with Crippen LogP contribution in [0.3, 0.4) is 0 Å². The Kier molecular flexibility index (Phi) is 5.72. The second kappa shape index (κ2) is 8.75. The largest absolute Gasteiger partial charge is 0.496 e. The summed E-state index contributed by atoms with van der Waals surface area (Å²) in [6.45, 7) is 0. The van der Waals surface area contributed by atoms with Gasteiger partial charge in [-0.3, -0.25) is 5.10 Å². The lowest BCUT2D eigenvalue weighted by Crippen LogP contribution is -2.23. The molecule has 10 nitrogen and oxygen atoms in total. The summed E-state index contributed by atoms with van der Waals surface area (Å²) in [6.07, 6.45) is 7.61. The summed E-state index contributed by atoms with van der Waals surface area (Å²) in [7, 11) is 3.58. The van der Waals surface area contributed by atoms with Crippen LogP contribution in [0.25, 0.3) is 11.3 Å². The number of pyridine rings is 1. The summed E-state index contributed by atoms with van der Waals surface area (Å²) in [5, 5.41) is 22.5. The van der Waals surface area contributed by atoms with Gasteiger partial charge >= 0.3 is 0 Å². The summed E-state index contributed by atoms with van der Waals surface area (Å²) in [5.41, 5.74) is 1.65. The van der Waals surface area contributed by atoms with E-state index in [4.69, 9.17) is 14.7 Å². The number of anilines is 2. The van der Waals surface area contributed by atoms with Gasteiger partial charge in [0.1, 0.15) is 29.3 Å². The summed E-state index contributed by atoms with van der Waals surface area (Å²) in [5.74, 6) is 2.16. The third kappa shape index (κ3) is 4.16. The number of H-pyrrole nitrogens is 1. The van der Waals surface area contributed by atoms with E-state index in [9.17, 15) is 0 Å². The summed E-state index contributed by atoms with van der Waals surface area (Å²) in [4.78, 5) is 12.6. The second-order valence-electron chi connectivity index (χ2n) is 6.92. The van der Waals surface area contributed by atoms with Crippen LogP contribution < -0.4 is 20.1 Å². The number of methoxy groups -OCH3 is 1. The number of hydrogen-bond donors (Lipinski definition) is 3. The quantitative estimate of drug-likeness (QED) is 0.541. The van der Waals surface area contributed by atoms with Crippen molar-refractivity contribution in [3.63, 3.8) is 0 Å². The molecule has 30 heavy (non-hydrogen) atoms. The maximum Gasteiger partial charge on any atom is 0.227 e. The minimum absolute atomic E-state index is 0.0928. The van der Waals surface area contributed by atoms with Gasteiger partial charge in [0.15, 0.2) is 11.5 Å². The van der Waals surface area contributed by atoms with Crippen molar-refractivity contribution in [1.82, 2.24) is 30.5 Å². The second-order valence-corrected chi connectivity index (χ2v) is 6.92. The fourth-order valence-electron chi connectivity index (χ4n) is 3.50. The predicted molar refractivity (Wildman–Crippen MR) is 110 cm³/mol. The van der Waals surface area contributed by atoms with E-state index in [0.29, 0.717) is 40.6 Å². The molecular formula is C20H22N8O2. The monoisotopic (exact) mass is 406 g/mol. The zero-order chi connectivity index (χ0) is 20.9. The fourth-order valence-corrected chi connectivity index (χ4v) is 3.50. The molecule has 1 saturated carbocycles. The van der Waals surface area contributed by atoms with Gasteiger partial charge in [0.25, 0.3) is 0 Å². The molecule has 0 amide bonds. The molecule has 0 radical (unpaired) electrons. The van der Waals surface area contributed by atoms with Crippen LogP contribution in [0, 0.1) is 11.3 Å². The minimum Gasteiger partial charge on any atom is -0.496 e. The standard InChI is InChI=1S/C20H22N8O2/c1-22-12-3-4-14(7-12)30-20-19(16(29-2)5-6-23-20)15-8-17(28-27-15)26-18-11-24-13(9-21)10-25-18/h5-6,8,10-12,14,22H,3-4,7H2,1-2H3,(H2,25,26,27,28)/t12-,14+/m0/s1. The number of hydrogen-bond acceptors (Lipinski definition) is 9. The van der Waals surface area contributed by atoms with Crippen LogP contribution >= 0.6 is 0 Å². The van der Waals surface area contributed by atoms with E-state index in [1.807, 2.05) is 19.2 Å². The highest BCUT2D eigenvalue weighted by molar-refractivity contribution is 5.74. The van der Waals surface area contributed by atoms with Crippen molar-refractivity contribution < 1.29 is 9.47 Å². The van der Waals surface area contributed by atoms with E-state index in [1.165, 1.54) is 12.4 Å². The van der Waals surface area contributed by atoms with Crippen molar-refractivity contribution in [2.24, 2.45) is 0 Å². The Morgan fingerprint density at radius 2 is 2.10 bits per heavy atom. The molecule has 0 unspecified atom stereocenters. The van der Waals surface area contributed by atoms with Gasteiger partial charge in [-0.15, -0.1) is 0 Å². The van der Waals surface area contributed by atoms with Gasteiger partial charge < -0.3 is 20.1 Å². The Morgan fingerprint density at radius 3 is 2.80 bits per heavy atom. The van der Waals surface area contributed by atoms with Gasteiger partial charge in [0, 0.05) is 18.3 Å². The number of nitrogens with zero attached hydrogens (tertiary/aromatic N) is 5. The molecule has 0 aromatic carbocycles. The van der Waals surface area contributed by atoms with Crippen LogP contribution in [-0.2, 0) is 0 Å². The number of aromatic nitrogens is 5. The molecule has 0 bridgehead atoms. The number of ether oxygens (including phenoxy) is 2.